The highest BCUT2D eigenvalue weighted by Gasteiger charge is 2.23. The molecule has 0 unspecified atom stereocenters. The predicted molar refractivity (Wildman–Crippen MR) is 116 cm³/mol. The van der Waals surface area contributed by atoms with Crippen LogP contribution < -0.4 is 5.32 Å². The summed E-state index contributed by atoms with van der Waals surface area (Å²) in [6.45, 7) is 5.00. The number of rotatable bonds is 5. The Kier molecular flexibility index (Phi) is 6.49. The van der Waals surface area contributed by atoms with Crippen LogP contribution in [0.4, 0.5) is 11.4 Å². The molecule has 4 rings (SSSR count). The number of nitrogens with zero attached hydrogens (tertiary/aromatic N) is 4. The molecule has 1 aromatic carbocycles. The van der Waals surface area contributed by atoms with E-state index in [1.807, 2.05) is 42.4 Å². The molecular formula is C23H33N5O. The Morgan fingerprint density at radius 3 is 2.72 bits per heavy atom. The van der Waals surface area contributed by atoms with Gasteiger partial charge in [-0.15, -0.1) is 0 Å². The fraction of sp³-hybridized carbons (Fsp3) is 0.565. The normalized spacial score (nSPS) is 19.1. The van der Waals surface area contributed by atoms with Crippen molar-refractivity contribution in [3.05, 3.63) is 42.2 Å². The van der Waals surface area contributed by atoms with E-state index >= 15 is 0 Å². The van der Waals surface area contributed by atoms with E-state index in [0.29, 0.717) is 0 Å². The zero-order valence-electron chi connectivity index (χ0n) is 17.5. The molecule has 0 radical (unpaired) electrons. The fourth-order valence-electron chi connectivity index (χ4n) is 4.66. The Balaban J connectivity index is 1.34. The molecule has 1 aliphatic carbocycles. The van der Waals surface area contributed by atoms with Crippen molar-refractivity contribution in [2.24, 2.45) is 13.0 Å². The van der Waals surface area contributed by atoms with Crippen molar-refractivity contribution in [3.63, 3.8) is 0 Å². The van der Waals surface area contributed by atoms with Crippen LogP contribution in [0, 0.1) is 5.92 Å². The summed E-state index contributed by atoms with van der Waals surface area (Å²) >= 11 is 0. The highest BCUT2D eigenvalue weighted by Crippen LogP contribution is 2.25. The molecule has 1 aliphatic heterocycles. The minimum absolute atomic E-state index is 0.138. The number of benzene rings is 1. The Bertz CT molecular complexity index is 811. The molecule has 0 spiro atoms. The summed E-state index contributed by atoms with van der Waals surface area (Å²) in [4.78, 5) is 17.7. The molecule has 29 heavy (non-hydrogen) atoms. The molecule has 2 fully saturated rings. The second kappa shape index (κ2) is 9.44. The Morgan fingerprint density at radius 2 is 1.93 bits per heavy atom. The second-order valence-corrected chi connectivity index (χ2v) is 8.56. The number of hydrogen-bond donors (Lipinski definition) is 1. The number of aryl methyl sites for hydroxylation is 1. The average Bonchev–Trinajstić information content (AvgIpc) is 3.00. The van der Waals surface area contributed by atoms with Crippen molar-refractivity contribution in [3.8, 4) is 0 Å². The third-order valence-corrected chi connectivity index (χ3v) is 6.22. The summed E-state index contributed by atoms with van der Waals surface area (Å²) in [7, 11) is 1.89. The van der Waals surface area contributed by atoms with Crippen LogP contribution in [0.5, 0.6) is 0 Å². The van der Waals surface area contributed by atoms with E-state index in [-0.39, 0.29) is 5.91 Å². The Morgan fingerprint density at radius 1 is 1.07 bits per heavy atom. The molecule has 2 heterocycles. The van der Waals surface area contributed by atoms with Gasteiger partial charge in [0.1, 0.15) is 0 Å². The molecule has 1 amide bonds. The van der Waals surface area contributed by atoms with E-state index in [2.05, 4.69) is 15.3 Å². The third kappa shape index (κ3) is 5.38. The maximum atomic E-state index is 13.1. The molecule has 1 aromatic heterocycles. The molecule has 156 valence electrons. The highest BCUT2D eigenvalue weighted by molar-refractivity contribution is 5.95. The lowest BCUT2D eigenvalue weighted by molar-refractivity contribution is 0.0760. The fourth-order valence-corrected chi connectivity index (χ4v) is 4.66. The number of nitrogens with one attached hydrogen (secondary N) is 1. The van der Waals surface area contributed by atoms with Gasteiger partial charge in [0.2, 0.25) is 0 Å². The van der Waals surface area contributed by atoms with Crippen LogP contribution in [0.2, 0.25) is 0 Å². The lowest BCUT2D eigenvalue weighted by atomic mass is 9.89. The van der Waals surface area contributed by atoms with Gasteiger partial charge >= 0.3 is 0 Å². The van der Waals surface area contributed by atoms with Gasteiger partial charge in [0.15, 0.2) is 0 Å². The van der Waals surface area contributed by atoms with Crippen LogP contribution >= 0.6 is 0 Å². The van der Waals surface area contributed by atoms with E-state index in [1.54, 1.807) is 10.9 Å². The number of aromatic nitrogens is 2. The lowest BCUT2D eigenvalue weighted by Crippen LogP contribution is -2.36. The molecule has 6 heteroatoms. The van der Waals surface area contributed by atoms with Crippen LogP contribution in [0.1, 0.15) is 48.9 Å². The first-order valence-electron chi connectivity index (χ1n) is 11.0. The summed E-state index contributed by atoms with van der Waals surface area (Å²) in [5, 5.41) is 7.50. The van der Waals surface area contributed by atoms with E-state index < -0.39 is 0 Å². The number of amides is 1. The molecular weight excluding hydrogens is 362 g/mol. The van der Waals surface area contributed by atoms with Crippen LogP contribution in [0.15, 0.2) is 36.7 Å². The van der Waals surface area contributed by atoms with Crippen molar-refractivity contribution in [2.45, 2.75) is 38.5 Å². The molecule has 2 aliphatic rings. The Labute approximate surface area is 173 Å². The van der Waals surface area contributed by atoms with Crippen LogP contribution in [-0.2, 0) is 7.05 Å². The smallest absolute Gasteiger partial charge is 0.253 e. The van der Waals surface area contributed by atoms with E-state index in [4.69, 9.17) is 0 Å². The highest BCUT2D eigenvalue weighted by atomic mass is 16.2. The van der Waals surface area contributed by atoms with E-state index in [0.717, 1.165) is 55.5 Å². The van der Waals surface area contributed by atoms with Gasteiger partial charge < -0.3 is 15.1 Å². The molecule has 0 bridgehead atoms. The molecule has 1 N–H and O–H groups in total. The summed E-state index contributed by atoms with van der Waals surface area (Å²) in [6.07, 6.45) is 11.7. The van der Waals surface area contributed by atoms with Gasteiger partial charge in [-0.05, 0) is 49.9 Å². The minimum atomic E-state index is 0.138. The first-order valence-corrected chi connectivity index (χ1v) is 11.0. The molecule has 0 atom stereocenters. The maximum absolute atomic E-state index is 13.1. The molecule has 1 saturated carbocycles. The number of hydrogen-bond acceptors (Lipinski definition) is 4. The summed E-state index contributed by atoms with van der Waals surface area (Å²) in [5.74, 6) is 1.00. The van der Waals surface area contributed by atoms with Gasteiger partial charge in [-0.1, -0.05) is 25.3 Å². The van der Waals surface area contributed by atoms with Crippen LogP contribution in [0.3, 0.4) is 0 Å². The van der Waals surface area contributed by atoms with Crippen LogP contribution in [0.25, 0.3) is 0 Å². The maximum Gasteiger partial charge on any atom is 0.253 e. The predicted octanol–water partition coefficient (Wildman–Crippen LogP) is 3.89. The molecule has 2 aromatic rings. The topological polar surface area (TPSA) is 53.4 Å². The first-order chi connectivity index (χ1) is 14.2. The number of anilines is 2. The minimum Gasteiger partial charge on any atom is -0.353 e. The van der Waals surface area contributed by atoms with Gasteiger partial charge in [-0.3, -0.25) is 9.48 Å². The summed E-state index contributed by atoms with van der Waals surface area (Å²) in [5.41, 5.74) is 2.59. The molecule has 6 nitrogen and oxygen atoms in total. The van der Waals surface area contributed by atoms with E-state index in [9.17, 15) is 4.79 Å². The zero-order valence-corrected chi connectivity index (χ0v) is 17.5. The summed E-state index contributed by atoms with van der Waals surface area (Å²) < 4.78 is 1.76. The van der Waals surface area contributed by atoms with Gasteiger partial charge in [0, 0.05) is 50.7 Å². The van der Waals surface area contributed by atoms with Gasteiger partial charge in [-0.25, -0.2) is 0 Å². The molecule has 1 saturated heterocycles. The SMILES string of the molecule is Cn1cc(Nc2cccc(C(=O)N3CCCN(CC4CCCCC4)CC3)c2)cn1. The van der Waals surface area contributed by atoms with Crippen molar-refractivity contribution < 1.29 is 4.79 Å². The van der Waals surface area contributed by atoms with Gasteiger partial charge in [-0.2, -0.15) is 5.10 Å². The first kappa shape index (κ1) is 20.0. The van der Waals surface area contributed by atoms with Crippen molar-refractivity contribution in [1.29, 1.82) is 0 Å². The third-order valence-electron chi connectivity index (χ3n) is 6.22. The monoisotopic (exact) mass is 395 g/mol. The van der Waals surface area contributed by atoms with Crippen molar-refractivity contribution >= 4 is 17.3 Å². The lowest BCUT2D eigenvalue weighted by Gasteiger charge is -2.28. The van der Waals surface area contributed by atoms with Gasteiger partial charge in [0.25, 0.3) is 5.91 Å². The average molecular weight is 396 g/mol. The zero-order chi connectivity index (χ0) is 20.1. The Hall–Kier alpha value is -2.34. The second-order valence-electron chi connectivity index (χ2n) is 8.56. The summed E-state index contributed by atoms with van der Waals surface area (Å²) in [6, 6.07) is 7.79. The largest absolute Gasteiger partial charge is 0.353 e. The number of carbonyl (C=O) groups excluding carboxylic acids is 1. The van der Waals surface area contributed by atoms with Crippen LogP contribution in [-0.4, -0.2) is 58.2 Å². The van der Waals surface area contributed by atoms with Crippen molar-refractivity contribution in [1.82, 2.24) is 19.6 Å². The quantitative estimate of drug-likeness (QED) is 0.834. The number of carbonyl (C=O) groups is 1. The van der Waals surface area contributed by atoms with Crippen molar-refractivity contribution in [2.75, 3.05) is 38.0 Å². The van der Waals surface area contributed by atoms with Gasteiger partial charge in [0.05, 0.1) is 11.9 Å². The van der Waals surface area contributed by atoms with E-state index in [1.165, 1.54) is 38.6 Å². The standard InChI is InChI=1S/C23H33N5O/c1-26-18-22(16-24-26)25-21-10-5-9-20(15-21)23(29)28-12-6-11-27(13-14-28)17-19-7-3-2-4-8-19/h5,9-10,15-16,18-19,25H,2-4,6-8,11-14,17H2,1H3.